The third kappa shape index (κ3) is 9.96. The van der Waals surface area contributed by atoms with Gasteiger partial charge in [0.1, 0.15) is 5.78 Å². The minimum Gasteiger partial charge on any atom is -0.330 e. The fourth-order valence-corrected chi connectivity index (χ4v) is 1.45. The van der Waals surface area contributed by atoms with Gasteiger partial charge in [-0.25, -0.2) is 0 Å². The number of carbonyl (C=O) groups excluding carboxylic acids is 1. The van der Waals surface area contributed by atoms with Crippen molar-refractivity contribution in [2.45, 2.75) is 51.6 Å². The molecule has 0 radical (unpaired) electrons. The zero-order chi connectivity index (χ0) is 12.6. The number of nitrogens with two attached hydrogens (primary N) is 1. The SMILES string of the molecule is CC(CCN)CCC(=O)CCCC(F)(F)F. The molecule has 2 nitrogen and oxygen atoms in total. The van der Waals surface area contributed by atoms with Crippen LogP contribution in [0.4, 0.5) is 13.2 Å². The Hall–Kier alpha value is -0.580. The van der Waals surface area contributed by atoms with Gasteiger partial charge in [-0.1, -0.05) is 6.92 Å². The minimum atomic E-state index is -4.15. The lowest BCUT2D eigenvalue weighted by molar-refractivity contribution is -0.137. The molecule has 0 saturated heterocycles. The fraction of sp³-hybridized carbons (Fsp3) is 0.909. The first-order chi connectivity index (χ1) is 7.35. The van der Waals surface area contributed by atoms with Gasteiger partial charge in [0.25, 0.3) is 0 Å². The van der Waals surface area contributed by atoms with E-state index in [-0.39, 0.29) is 18.6 Å². The van der Waals surface area contributed by atoms with Gasteiger partial charge in [0.2, 0.25) is 0 Å². The summed E-state index contributed by atoms with van der Waals surface area (Å²) in [7, 11) is 0. The molecule has 5 heteroatoms. The Morgan fingerprint density at radius 3 is 2.38 bits per heavy atom. The van der Waals surface area contributed by atoms with Gasteiger partial charge in [0.05, 0.1) is 0 Å². The number of carbonyl (C=O) groups is 1. The molecule has 0 aliphatic carbocycles. The molecule has 0 fully saturated rings. The average molecular weight is 239 g/mol. The van der Waals surface area contributed by atoms with E-state index in [2.05, 4.69) is 0 Å². The summed E-state index contributed by atoms with van der Waals surface area (Å²) in [6.45, 7) is 2.58. The lowest BCUT2D eigenvalue weighted by Gasteiger charge is -2.09. The lowest BCUT2D eigenvalue weighted by atomic mass is 9.98. The number of alkyl halides is 3. The molecule has 96 valence electrons. The van der Waals surface area contributed by atoms with Gasteiger partial charge < -0.3 is 5.73 Å². The molecule has 2 N–H and O–H groups in total. The highest BCUT2D eigenvalue weighted by Gasteiger charge is 2.26. The van der Waals surface area contributed by atoms with Crippen molar-refractivity contribution in [1.29, 1.82) is 0 Å². The second kappa shape index (κ2) is 7.65. The van der Waals surface area contributed by atoms with E-state index in [1.165, 1.54) is 0 Å². The van der Waals surface area contributed by atoms with E-state index >= 15 is 0 Å². The van der Waals surface area contributed by atoms with Crippen LogP contribution in [-0.4, -0.2) is 18.5 Å². The van der Waals surface area contributed by atoms with Crippen LogP contribution in [-0.2, 0) is 4.79 Å². The fourth-order valence-electron chi connectivity index (χ4n) is 1.45. The van der Waals surface area contributed by atoms with Gasteiger partial charge in [-0.15, -0.1) is 0 Å². The quantitative estimate of drug-likeness (QED) is 0.707. The molecule has 0 amide bonds. The largest absolute Gasteiger partial charge is 0.389 e. The third-order valence-corrected chi connectivity index (χ3v) is 2.49. The zero-order valence-corrected chi connectivity index (χ0v) is 9.65. The van der Waals surface area contributed by atoms with Crippen molar-refractivity contribution in [3.8, 4) is 0 Å². The molecule has 0 aromatic heterocycles. The topological polar surface area (TPSA) is 43.1 Å². The summed E-state index contributed by atoms with van der Waals surface area (Å²) in [6.07, 6.45) is -3.11. The number of hydrogen-bond donors (Lipinski definition) is 1. The van der Waals surface area contributed by atoms with Crippen molar-refractivity contribution < 1.29 is 18.0 Å². The molecule has 0 heterocycles. The van der Waals surface area contributed by atoms with Gasteiger partial charge in [-0.2, -0.15) is 13.2 Å². The predicted octanol–water partition coefficient (Wildman–Crippen LogP) is 3.05. The summed E-state index contributed by atoms with van der Waals surface area (Å²) < 4.78 is 35.4. The maximum atomic E-state index is 11.8. The van der Waals surface area contributed by atoms with E-state index in [1.54, 1.807) is 0 Å². The van der Waals surface area contributed by atoms with E-state index in [1.807, 2.05) is 6.92 Å². The summed E-state index contributed by atoms with van der Waals surface area (Å²) in [5.74, 6) is 0.296. The summed E-state index contributed by atoms with van der Waals surface area (Å²) >= 11 is 0. The van der Waals surface area contributed by atoms with Crippen molar-refractivity contribution in [2.24, 2.45) is 11.7 Å². The minimum absolute atomic E-state index is 0.0366. The molecule has 0 aromatic rings. The Bertz CT molecular complexity index is 204. The number of Topliss-reactive ketones (excluding diaryl/α,β-unsaturated/α-hetero) is 1. The van der Waals surface area contributed by atoms with Gasteiger partial charge in [0, 0.05) is 19.3 Å². The van der Waals surface area contributed by atoms with E-state index in [4.69, 9.17) is 5.73 Å². The molecule has 0 saturated carbocycles. The maximum absolute atomic E-state index is 11.8. The van der Waals surface area contributed by atoms with Crippen LogP contribution in [0.5, 0.6) is 0 Å². The molecular weight excluding hydrogens is 219 g/mol. The van der Waals surface area contributed by atoms with E-state index in [9.17, 15) is 18.0 Å². The first-order valence-corrected chi connectivity index (χ1v) is 5.63. The Kier molecular flexibility index (Phi) is 7.38. The summed E-state index contributed by atoms with van der Waals surface area (Å²) in [4.78, 5) is 11.2. The van der Waals surface area contributed by atoms with Crippen molar-refractivity contribution in [3.05, 3.63) is 0 Å². The van der Waals surface area contributed by atoms with E-state index < -0.39 is 12.6 Å². The van der Waals surface area contributed by atoms with Gasteiger partial charge >= 0.3 is 6.18 Å². The highest BCUT2D eigenvalue weighted by molar-refractivity contribution is 5.78. The molecule has 0 aliphatic heterocycles. The summed E-state index contributed by atoms with van der Waals surface area (Å²) in [5, 5.41) is 0. The molecule has 16 heavy (non-hydrogen) atoms. The number of rotatable bonds is 8. The zero-order valence-electron chi connectivity index (χ0n) is 9.65. The molecule has 0 bridgehead atoms. The predicted molar refractivity (Wildman–Crippen MR) is 57.0 cm³/mol. The second-order valence-electron chi connectivity index (χ2n) is 4.23. The van der Waals surface area contributed by atoms with Crippen LogP contribution in [0, 0.1) is 5.92 Å². The standard InChI is InChI=1S/C11H20F3NO/c1-9(6-8-15)4-5-10(16)3-2-7-11(12,13)14/h9H,2-8,15H2,1H3. The maximum Gasteiger partial charge on any atom is 0.389 e. The van der Waals surface area contributed by atoms with Crippen LogP contribution in [0.1, 0.15) is 45.4 Å². The van der Waals surface area contributed by atoms with Crippen LogP contribution in [0.25, 0.3) is 0 Å². The highest BCUT2D eigenvalue weighted by Crippen LogP contribution is 2.22. The Balaban J connectivity index is 3.52. The first-order valence-electron chi connectivity index (χ1n) is 5.63. The normalized spacial score (nSPS) is 13.8. The van der Waals surface area contributed by atoms with Crippen LogP contribution in [0.2, 0.25) is 0 Å². The van der Waals surface area contributed by atoms with Crippen LogP contribution < -0.4 is 5.73 Å². The Morgan fingerprint density at radius 1 is 1.25 bits per heavy atom. The van der Waals surface area contributed by atoms with Crippen molar-refractivity contribution >= 4 is 5.78 Å². The molecular formula is C11H20F3NO. The lowest BCUT2D eigenvalue weighted by Crippen LogP contribution is -2.10. The first kappa shape index (κ1) is 15.4. The number of ketones is 1. The molecule has 1 unspecified atom stereocenters. The average Bonchev–Trinajstić information content (AvgIpc) is 2.13. The number of hydrogen-bond acceptors (Lipinski definition) is 2. The Labute approximate surface area is 94.4 Å². The monoisotopic (exact) mass is 239 g/mol. The van der Waals surface area contributed by atoms with Crippen LogP contribution >= 0.6 is 0 Å². The van der Waals surface area contributed by atoms with Gasteiger partial charge in [-0.3, -0.25) is 4.79 Å². The third-order valence-electron chi connectivity index (χ3n) is 2.49. The number of halogens is 3. The van der Waals surface area contributed by atoms with Crippen molar-refractivity contribution in [2.75, 3.05) is 6.54 Å². The second-order valence-corrected chi connectivity index (χ2v) is 4.23. The van der Waals surface area contributed by atoms with Gasteiger partial charge in [-0.05, 0) is 31.7 Å². The van der Waals surface area contributed by atoms with Crippen molar-refractivity contribution in [3.63, 3.8) is 0 Å². The van der Waals surface area contributed by atoms with Crippen molar-refractivity contribution in [1.82, 2.24) is 0 Å². The van der Waals surface area contributed by atoms with E-state index in [0.717, 1.165) is 12.8 Å². The van der Waals surface area contributed by atoms with Crippen LogP contribution in [0.15, 0.2) is 0 Å². The Morgan fingerprint density at radius 2 is 1.88 bits per heavy atom. The smallest absolute Gasteiger partial charge is 0.330 e. The molecule has 1 atom stereocenters. The summed E-state index contributed by atoms with van der Waals surface area (Å²) in [5.41, 5.74) is 5.35. The molecule has 0 aromatic carbocycles. The van der Waals surface area contributed by atoms with E-state index in [0.29, 0.717) is 18.9 Å². The molecule has 0 aliphatic rings. The molecule has 0 spiro atoms. The summed E-state index contributed by atoms with van der Waals surface area (Å²) in [6, 6.07) is 0. The highest BCUT2D eigenvalue weighted by atomic mass is 19.4. The van der Waals surface area contributed by atoms with Crippen LogP contribution in [0.3, 0.4) is 0 Å². The molecule has 0 rings (SSSR count). The van der Waals surface area contributed by atoms with Gasteiger partial charge in [0.15, 0.2) is 0 Å².